The van der Waals surface area contributed by atoms with E-state index in [2.05, 4.69) is 40.0 Å². The van der Waals surface area contributed by atoms with Crippen LogP contribution in [0.3, 0.4) is 0 Å². The molecule has 0 aliphatic heterocycles. The van der Waals surface area contributed by atoms with Gasteiger partial charge in [0.25, 0.3) is 5.91 Å². The van der Waals surface area contributed by atoms with Crippen LogP contribution >= 0.6 is 22.6 Å². The van der Waals surface area contributed by atoms with E-state index in [1.165, 1.54) is 5.56 Å². The molecule has 0 fully saturated rings. The average molecular weight is 453 g/mol. The SMILES string of the molecule is O=C(COC(=O)COc1ccc(I)cc1)NCCCc1ccccc1. The summed E-state index contributed by atoms with van der Waals surface area (Å²) in [5.41, 5.74) is 1.23. The van der Waals surface area contributed by atoms with Crippen molar-refractivity contribution in [3.05, 3.63) is 63.7 Å². The fourth-order valence-corrected chi connectivity index (χ4v) is 2.44. The number of carbonyl (C=O) groups excluding carboxylic acids is 2. The molecular formula is C19H20INO4. The predicted octanol–water partition coefficient (Wildman–Crippen LogP) is 2.96. The number of halogens is 1. The zero-order valence-electron chi connectivity index (χ0n) is 13.7. The van der Waals surface area contributed by atoms with Crippen molar-refractivity contribution < 1.29 is 19.1 Å². The summed E-state index contributed by atoms with van der Waals surface area (Å²) < 4.78 is 11.3. The Morgan fingerprint density at radius 1 is 0.960 bits per heavy atom. The van der Waals surface area contributed by atoms with E-state index in [0.717, 1.165) is 16.4 Å². The van der Waals surface area contributed by atoms with Gasteiger partial charge in [0.1, 0.15) is 5.75 Å². The molecule has 0 heterocycles. The molecule has 0 unspecified atom stereocenters. The Morgan fingerprint density at radius 3 is 2.40 bits per heavy atom. The van der Waals surface area contributed by atoms with Crippen molar-refractivity contribution in [1.82, 2.24) is 5.32 Å². The van der Waals surface area contributed by atoms with Gasteiger partial charge < -0.3 is 14.8 Å². The van der Waals surface area contributed by atoms with Crippen molar-refractivity contribution in [1.29, 1.82) is 0 Å². The molecule has 132 valence electrons. The summed E-state index contributed by atoms with van der Waals surface area (Å²) in [4.78, 5) is 23.2. The van der Waals surface area contributed by atoms with Gasteiger partial charge in [0, 0.05) is 10.1 Å². The maximum Gasteiger partial charge on any atom is 0.344 e. The van der Waals surface area contributed by atoms with E-state index < -0.39 is 5.97 Å². The van der Waals surface area contributed by atoms with E-state index in [1.807, 2.05) is 30.3 Å². The van der Waals surface area contributed by atoms with Crippen molar-refractivity contribution in [2.24, 2.45) is 0 Å². The summed E-state index contributed by atoms with van der Waals surface area (Å²) in [7, 11) is 0. The fraction of sp³-hybridized carbons (Fsp3) is 0.263. The molecular weight excluding hydrogens is 433 g/mol. The topological polar surface area (TPSA) is 64.6 Å². The van der Waals surface area contributed by atoms with Gasteiger partial charge in [-0.15, -0.1) is 0 Å². The molecule has 5 nitrogen and oxygen atoms in total. The molecule has 1 amide bonds. The molecule has 2 rings (SSSR count). The number of nitrogens with one attached hydrogen (secondary N) is 1. The van der Waals surface area contributed by atoms with Crippen molar-refractivity contribution in [2.45, 2.75) is 12.8 Å². The van der Waals surface area contributed by atoms with Gasteiger partial charge in [0.15, 0.2) is 13.2 Å². The summed E-state index contributed by atoms with van der Waals surface area (Å²) >= 11 is 2.18. The lowest BCUT2D eigenvalue weighted by atomic mass is 10.1. The van der Waals surface area contributed by atoms with Crippen LogP contribution < -0.4 is 10.1 Å². The fourth-order valence-electron chi connectivity index (χ4n) is 2.08. The molecule has 0 bridgehead atoms. The Balaban J connectivity index is 1.54. The predicted molar refractivity (Wildman–Crippen MR) is 103 cm³/mol. The number of esters is 1. The number of ether oxygens (including phenoxy) is 2. The molecule has 0 spiro atoms. The minimum atomic E-state index is -0.571. The molecule has 25 heavy (non-hydrogen) atoms. The van der Waals surface area contributed by atoms with Crippen LogP contribution in [0.25, 0.3) is 0 Å². The third-order valence-corrected chi connectivity index (χ3v) is 4.06. The van der Waals surface area contributed by atoms with Crippen LogP contribution in [-0.4, -0.2) is 31.6 Å². The lowest BCUT2D eigenvalue weighted by Crippen LogP contribution is -2.30. The molecule has 1 N–H and O–H groups in total. The third kappa shape index (κ3) is 8.02. The van der Waals surface area contributed by atoms with E-state index in [4.69, 9.17) is 9.47 Å². The van der Waals surface area contributed by atoms with E-state index in [1.54, 1.807) is 12.1 Å². The van der Waals surface area contributed by atoms with Crippen molar-refractivity contribution in [3.63, 3.8) is 0 Å². The largest absolute Gasteiger partial charge is 0.482 e. The Bertz CT molecular complexity index is 674. The Labute approximate surface area is 160 Å². The minimum Gasteiger partial charge on any atom is -0.482 e. The van der Waals surface area contributed by atoms with Crippen molar-refractivity contribution in [3.8, 4) is 5.75 Å². The maximum absolute atomic E-state index is 11.6. The standard InChI is InChI=1S/C19H20INO4/c20-16-8-10-17(11-9-16)24-14-19(23)25-13-18(22)21-12-4-7-15-5-2-1-3-6-15/h1-3,5-6,8-11H,4,7,12-14H2,(H,21,22). The summed E-state index contributed by atoms with van der Waals surface area (Å²) in [6, 6.07) is 17.4. The van der Waals surface area contributed by atoms with Crippen molar-refractivity contribution in [2.75, 3.05) is 19.8 Å². The minimum absolute atomic E-state index is 0.220. The highest BCUT2D eigenvalue weighted by atomic mass is 127. The number of carbonyl (C=O) groups is 2. The van der Waals surface area contributed by atoms with E-state index >= 15 is 0 Å². The number of hydrogen-bond donors (Lipinski definition) is 1. The van der Waals surface area contributed by atoms with Gasteiger partial charge in [-0.25, -0.2) is 4.79 Å². The highest BCUT2D eigenvalue weighted by molar-refractivity contribution is 14.1. The van der Waals surface area contributed by atoms with Gasteiger partial charge >= 0.3 is 5.97 Å². The summed E-state index contributed by atoms with van der Waals surface area (Å²) in [6.45, 7) is 0.0343. The Kier molecular flexibility index (Phi) is 8.24. The van der Waals surface area contributed by atoms with Crippen LogP contribution in [0.4, 0.5) is 0 Å². The first-order valence-corrected chi connectivity index (χ1v) is 9.06. The molecule has 0 saturated heterocycles. The lowest BCUT2D eigenvalue weighted by molar-refractivity contribution is -0.150. The molecule has 0 saturated carbocycles. The van der Waals surface area contributed by atoms with Crippen LogP contribution in [0.2, 0.25) is 0 Å². The van der Waals surface area contributed by atoms with Crippen LogP contribution in [0.5, 0.6) is 5.75 Å². The first kappa shape index (κ1) is 19.2. The van der Waals surface area contributed by atoms with Gasteiger partial charge in [-0.1, -0.05) is 30.3 Å². The van der Waals surface area contributed by atoms with Crippen LogP contribution in [0.1, 0.15) is 12.0 Å². The van der Waals surface area contributed by atoms with E-state index in [-0.39, 0.29) is 19.1 Å². The Morgan fingerprint density at radius 2 is 1.68 bits per heavy atom. The molecule has 6 heteroatoms. The quantitative estimate of drug-likeness (QED) is 0.360. The number of aryl methyl sites for hydroxylation is 1. The first-order chi connectivity index (χ1) is 12.1. The molecule has 0 aliphatic carbocycles. The van der Waals surface area contributed by atoms with Gasteiger partial charge in [-0.2, -0.15) is 0 Å². The number of benzene rings is 2. The van der Waals surface area contributed by atoms with Crippen molar-refractivity contribution >= 4 is 34.5 Å². The van der Waals surface area contributed by atoms with Gasteiger partial charge in [-0.05, 0) is 65.3 Å². The van der Waals surface area contributed by atoms with Crippen LogP contribution in [-0.2, 0) is 20.7 Å². The molecule has 0 atom stereocenters. The van der Waals surface area contributed by atoms with Gasteiger partial charge in [-0.3, -0.25) is 4.79 Å². The Hall–Kier alpha value is -2.09. The zero-order valence-corrected chi connectivity index (χ0v) is 15.9. The third-order valence-electron chi connectivity index (χ3n) is 3.34. The molecule has 2 aromatic rings. The average Bonchev–Trinajstić information content (AvgIpc) is 2.64. The monoisotopic (exact) mass is 453 g/mol. The second-order valence-corrected chi connectivity index (χ2v) is 6.59. The summed E-state index contributed by atoms with van der Waals surface area (Å²) in [5, 5.41) is 2.73. The van der Waals surface area contributed by atoms with Crippen LogP contribution in [0, 0.1) is 3.57 Å². The highest BCUT2D eigenvalue weighted by Gasteiger charge is 2.08. The van der Waals surface area contributed by atoms with Gasteiger partial charge in [0.2, 0.25) is 0 Å². The first-order valence-electron chi connectivity index (χ1n) is 7.98. The smallest absolute Gasteiger partial charge is 0.344 e. The van der Waals surface area contributed by atoms with E-state index in [9.17, 15) is 9.59 Å². The number of rotatable bonds is 9. The molecule has 0 aliphatic rings. The normalized spacial score (nSPS) is 10.1. The zero-order chi connectivity index (χ0) is 17.9. The second-order valence-electron chi connectivity index (χ2n) is 5.34. The second kappa shape index (κ2) is 10.7. The molecule has 0 radical (unpaired) electrons. The lowest BCUT2D eigenvalue weighted by Gasteiger charge is -2.08. The highest BCUT2D eigenvalue weighted by Crippen LogP contribution is 2.13. The van der Waals surface area contributed by atoms with Gasteiger partial charge in [0.05, 0.1) is 0 Å². The summed E-state index contributed by atoms with van der Waals surface area (Å²) in [6.07, 6.45) is 1.73. The number of hydrogen-bond acceptors (Lipinski definition) is 4. The number of amides is 1. The summed E-state index contributed by atoms with van der Waals surface area (Å²) in [5.74, 6) is -0.295. The van der Waals surface area contributed by atoms with Crippen LogP contribution in [0.15, 0.2) is 54.6 Å². The molecule has 0 aromatic heterocycles. The maximum atomic E-state index is 11.6. The van der Waals surface area contributed by atoms with E-state index in [0.29, 0.717) is 12.3 Å². The molecule has 2 aromatic carbocycles.